The molecule has 2 rings (SSSR count). The van der Waals surface area contributed by atoms with E-state index < -0.39 is 0 Å². The van der Waals surface area contributed by atoms with Gasteiger partial charge in [-0.2, -0.15) is 0 Å². The number of pyridine rings is 1. The van der Waals surface area contributed by atoms with Crippen LogP contribution >= 0.6 is 0 Å². The summed E-state index contributed by atoms with van der Waals surface area (Å²) in [6.45, 7) is 6.37. The fourth-order valence-corrected chi connectivity index (χ4v) is 2.32. The van der Waals surface area contributed by atoms with Crippen LogP contribution in [0, 0.1) is 5.92 Å². The summed E-state index contributed by atoms with van der Waals surface area (Å²) in [5, 5.41) is 1.01. The van der Waals surface area contributed by atoms with Crippen LogP contribution in [0.15, 0.2) is 64.6 Å². The smallest absolute Gasteiger partial charge is 0.255 e. The molecule has 1 heterocycles. The van der Waals surface area contributed by atoms with Crippen molar-refractivity contribution < 1.29 is 0 Å². The highest BCUT2D eigenvalue weighted by molar-refractivity contribution is 5.80. The number of allylic oxidation sites excluding steroid dienone is 4. The van der Waals surface area contributed by atoms with Crippen LogP contribution in [-0.4, -0.2) is 4.98 Å². The number of hydrogen-bond acceptors (Lipinski definition) is 2. The number of H-pyrrole nitrogens is 1. The highest BCUT2D eigenvalue weighted by Gasteiger charge is 2.00. The number of hydrogen-bond donors (Lipinski definition) is 2. The zero-order valence-electron chi connectivity index (χ0n) is 14.7. The van der Waals surface area contributed by atoms with Crippen molar-refractivity contribution in [3.8, 4) is 0 Å². The van der Waals surface area contributed by atoms with Gasteiger partial charge >= 0.3 is 0 Å². The zero-order valence-corrected chi connectivity index (χ0v) is 14.7. The van der Waals surface area contributed by atoms with Crippen molar-refractivity contribution in [1.29, 1.82) is 0 Å². The maximum absolute atomic E-state index is 12.1. The van der Waals surface area contributed by atoms with Crippen LogP contribution < -0.4 is 11.3 Å². The van der Waals surface area contributed by atoms with Gasteiger partial charge in [-0.15, -0.1) is 0 Å². The Morgan fingerprint density at radius 2 is 2.04 bits per heavy atom. The minimum atomic E-state index is -0.0939. The average Bonchev–Trinajstić information content (AvgIpc) is 2.59. The molecule has 24 heavy (non-hydrogen) atoms. The molecule has 0 saturated heterocycles. The van der Waals surface area contributed by atoms with E-state index in [2.05, 4.69) is 24.9 Å². The lowest BCUT2D eigenvalue weighted by Gasteiger charge is -2.03. The van der Waals surface area contributed by atoms with E-state index in [0.29, 0.717) is 11.5 Å². The Labute approximate surface area is 143 Å². The van der Waals surface area contributed by atoms with Gasteiger partial charge in [-0.25, -0.2) is 0 Å². The lowest BCUT2D eigenvalue weighted by atomic mass is 10.0. The molecule has 1 aromatic heterocycles. The normalized spacial score (nSPS) is 14.5. The van der Waals surface area contributed by atoms with E-state index in [0.717, 1.165) is 35.0 Å². The van der Waals surface area contributed by atoms with Crippen molar-refractivity contribution in [3.05, 3.63) is 75.7 Å². The Morgan fingerprint density at radius 1 is 1.29 bits per heavy atom. The summed E-state index contributed by atoms with van der Waals surface area (Å²) in [5.74, 6) is 0.668. The second-order valence-electron chi connectivity index (χ2n) is 6.26. The van der Waals surface area contributed by atoms with Crippen LogP contribution in [0.1, 0.15) is 39.2 Å². The van der Waals surface area contributed by atoms with Crippen molar-refractivity contribution in [3.63, 3.8) is 0 Å². The van der Waals surface area contributed by atoms with Crippen LogP contribution in [0.5, 0.6) is 0 Å². The summed E-state index contributed by atoms with van der Waals surface area (Å²) in [6.07, 6.45) is 9.97. The number of aromatic nitrogens is 1. The van der Waals surface area contributed by atoms with Crippen LogP contribution in [0.4, 0.5) is 0 Å². The minimum absolute atomic E-state index is 0.0939. The van der Waals surface area contributed by atoms with E-state index in [-0.39, 0.29) is 5.56 Å². The van der Waals surface area contributed by atoms with Gasteiger partial charge in [0, 0.05) is 16.8 Å². The first-order valence-electron chi connectivity index (χ1n) is 8.44. The second-order valence-corrected chi connectivity index (χ2v) is 6.26. The lowest BCUT2D eigenvalue weighted by molar-refractivity contribution is 0.572. The number of rotatable bonds is 6. The number of para-hydroxylation sites is 1. The first-order valence-corrected chi connectivity index (χ1v) is 8.44. The molecule has 0 aliphatic rings. The number of nitrogens with one attached hydrogen (secondary N) is 1. The highest BCUT2D eigenvalue weighted by atomic mass is 16.1. The monoisotopic (exact) mass is 322 g/mol. The van der Waals surface area contributed by atoms with E-state index in [1.54, 1.807) is 0 Å². The van der Waals surface area contributed by atoms with Crippen LogP contribution in [-0.2, 0) is 0 Å². The van der Waals surface area contributed by atoms with Crippen molar-refractivity contribution >= 4 is 17.0 Å². The quantitative estimate of drug-likeness (QED) is 0.753. The van der Waals surface area contributed by atoms with Gasteiger partial charge in [-0.1, -0.05) is 50.6 Å². The van der Waals surface area contributed by atoms with Gasteiger partial charge in [0.1, 0.15) is 0 Å². The molecule has 126 valence electrons. The van der Waals surface area contributed by atoms with Gasteiger partial charge in [0.05, 0.1) is 0 Å². The fourth-order valence-electron chi connectivity index (χ4n) is 2.32. The largest absolute Gasteiger partial charge is 0.399 e. The molecule has 0 spiro atoms. The second kappa shape index (κ2) is 8.34. The zero-order chi connectivity index (χ0) is 17.5. The van der Waals surface area contributed by atoms with Crippen LogP contribution in [0.2, 0.25) is 0 Å². The third kappa shape index (κ3) is 4.72. The molecule has 1 aromatic carbocycles. The Balaban J connectivity index is 2.18. The summed E-state index contributed by atoms with van der Waals surface area (Å²) < 4.78 is 0. The summed E-state index contributed by atoms with van der Waals surface area (Å²) in [5.41, 5.74) is 9.15. The molecular weight excluding hydrogens is 296 g/mol. The van der Waals surface area contributed by atoms with Crippen LogP contribution in [0.25, 0.3) is 17.0 Å². The van der Waals surface area contributed by atoms with Gasteiger partial charge in [0.25, 0.3) is 5.56 Å². The molecule has 0 saturated carbocycles. The molecule has 0 fully saturated rings. The minimum Gasteiger partial charge on any atom is -0.399 e. The Morgan fingerprint density at radius 3 is 2.79 bits per heavy atom. The molecule has 0 aliphatic carbocycles. The number of benzene rings is 1. The van der Waals surface area contributed by atoms with E-state index in [9.17, 15) is 4.79 Å². The number of fused-ring (bicyclic) bond motifs is 1. The lowest BCUT2D eigenvalue weighted by Crippen LogP contribution is -2.08. The molecule has 0 radical (unpaired) electrons. The standard InChI is InChI=1S/C21H26N2O/c1-4-15(2)8-7-10-19(22)16(3)12-13-18-14-17-9-5-6-11-20(17)23-21(18)24/h5-7,9-15H,4,8,22H2,1-3H3,(H,23,24)/b10-7-,13-12+,19-16-. The first kappa shape index (κ1) is 17.8. The third-order valence-corrected chi connectivity index (χ3v) is 4.28. The molecule has 1 atom stereocenters. The molecule has 0 bridgehead atoms. The van der Waals surface area contributed by atoms with E-state index in [1.165, 1.54) is 0 Å². The fraction of sp³-hybridized carbons (Fsp3) is 0.286. The summed E-state index contributed by atoms with van der Waals surface area (Å²) in [4.78, 5) is 15.0. The highest BCUT2D eigenvalue weighted by Crippen LogP contribution is 2.13. The van der Waals surface area contributed by atoms with Crippen molar-refractivity contribution in [2.45, 2.75) is 33.6 Å². The maximum atomic E-state index is 12.1. The number of aromatic amines is 1. The number of nitrogens with two attached hydrogens (primary N) is 1. The van der Waals surface area contributed by atoms with E-state index in [1.807, 2.05) is 55.5 Å². The molecule has 0 aliphatic heterocycles. The van der Waals surface area contributed by atoms with E-state index in [4.69, 9.17) is 5.73 Å². The molecule has 0 amide bonds. The van der Waals surface area contributed by atoms with E-state index >= 15 is 0 Å². The SMILES string of the molecule is CCC(C)C\C=C/C(N)=C(C)/C=C/c1cc2ccccc2[nH]c1=O. The molecule has 3 N–H and O–H groups in total. The maximum Gasteiger partial charge on any atom is 0.255 e. The molecule has 3 nitrogen and oxygen atoms in total. The first-order chi connectivity index (χ1) is 11.5. The van der Waals surface area contributed by atoms with Gasteiger partial charge in [0.15, 0.2) is 0 Å². The van der Waals surface area contributed by atoms with Gasteiger partial charge in [-0.3, -0.25) is 4.79 Å². The van der Waals surface area contributed by atoms with Gasteiger partial charge < -0.3 is 10.7 Å². The molecule has 2 aromatic rings. The van der Waals surface area contributed by atoms with Crippen molar-refractivity contribution in [1.82, 2.24) is 4.98 Å². The molecule has 3 heteroatoms. The molecular formula is C21H26N2O. The summed E-state index contributed by atoms with van der Waals surface area (Å²) >= 11 is 0. The Kier molecular flexibility index (Phi) is 6.19. The van der Waals surface area contributed by atoms with Crippen LogP contribution in [0.3, 0.4) is 0 Å². The predicted octanol–water partition coefficient (Wildman–Crippen LogP) is 4.77. The van der Waals surface area contributed by atoms with Gasteiger partial charge in [-0.05, 0) is 54.5 Å². The predicted molar refractivity (Wildman–Crippen MR) is 104 cm³/mol. The Hall–Kier alpha value is -2.55. The van der Waals surface area contributed by atoms with Gasteiger partial charge in [0.2, 0.25) is 0 Å². The third-order valence-electron chi connectivity index (χ3n) is 4.28. The topological polar surface area (TPSA) is 58.9 Å². The summed E-state index contributed by atoms with van der Waals surface area (Å²) in [6, 6.07) is 9.64. The average molecular weight is 322 g/mol. The molecule has 1 unspecified atom stereocenters. The van der Waals surface area contributed by atoms with Crippen molar-refractivity contribution in [2.24, 2.45) is 11.7 Å². The Bertz CT molecular complexity index is 840. The summed E-state index contributed by atoms with van der Waals surface area (Å²) in [7, 11) is 0. The van der Waals surface area contributed by atoms with Crippen molar-refractivity contribution in [2.75, 3.05) is 0 Å².